The Balaban J connectivity index is 1.93. The molecule has 0 radical (unpaired) electrons. The molecule has 0 saturated heterocycles. The summed E-state index contributed by atoms with van der Waals surface area (Å²) in [6, 6.07) is 0. The van der Waals surface area contributed by atoms with Crippen LogP contribution in [0.1, 0.15) is 26.2 Å². The lowest BCUT2D eigenvalue weighted by molar-refractivity contribution is -0.00991. The van der Waals surface area contributed by atoms with E-state index in [9.17, 15) is 0 Å². The van der Waals surface area contributed by atoms with E-state index in [0.717, 1.165) is 12.4 Å². The van der Waals surface area contributed by atoms with Crippen LogP contribution in [0.15, 0.2) is 0 Å². The molecule has 1 fully saturated rings. The van der Waals surface area contributed by atoms with Crippen molar-refractivity contribution in [2.45, 2.75) is 32.3 Å². The Morgan fingerprint density at radius 1 is 1.60 bits per heavy atom. The summed E-state index contributed by atoms with van der Waals surface area (Å²) in [5.74, 6) is 1.55. The van der Waals surface area contributed by atoms with E-state index in [4.69, 9.17) is 4.74 Å². The molecule has 0 heterocycles. The maximum atomic E-state index is 5.58. The predicted octanol–water partition coefficient (Wildman–Crippen LogP) is 2.12. The van der Waals surface area contributed by atoms with Gasteiger partial charge in [0, 0.05) is 0 Å². The third-order valence-electron chi connectivity index (χ3n) is 1.98. The predicted molar refractivity (Wildman–Crippen MR) is 46.6 cm³/mol. The van der Waals surface area contributed by atoms with Crippen LogP contribution in [-0.2, 0) is 4.74 Å². The molecule has 0 bridgehead atoms. The molecule has 1 nitrogen and oxygen atoms in total. The summed E-state index contributed by atoms with van der Waals surface area (Å²) in [5, 5.41) is 0. The summed E-state index contributed by atoms with van der Waals surface area (Å²) < 4.78 is 5.58. The highest BCUT2D eigenvalue weighted by atomic mass is 32.1. The Hall–Kier alpha value is 0.310. The Bertz CT molecular complexity index is 86.5. The molecule has 0 aromatic rings. The Kier molecular flexibility index (Phi) is 3.57. The van der Waals surface area contributed by atoms with Crippen molar-refractivity contribution in [1.29, 1.82) is 0 Å². The van der Waals surface area contributed by atoms with E-state index in [1.807, 2.05) is 0 Å². The van der Waals surface area contributed by atoms with Gasteiger partial charge in [-0.1, -0.05) is 6.92 Å². The second-order valence-corrected chi connectivity index (χ2v) is 3.54. The number of ether oxygens (including phenoxy) is 1. The second-order valence-electron chi connectivity index (χ2n) is 3.17. The number of rotatable bonds is 4. The molecular formula is C8H16OS. The molecule has 0 aromatic heterocycles. The van der Waals surface area contributed by atoms with E-state index < -0.39 is 0 Å². The van der Waals surface area contributed by atoms with Crippen molar-refractivity contribution in [2.75, 3.05) is 12.4 Å². The molecule has 10 heavy (non-hydrogen) atoms. The zero-order valence-electron chi connectivity index (χ0n) is 6.55. The van der Waals surface area contributed by atoms with Crippen molar-refractivity contribution >= 4 is 12.6 Å². The smallest absolute Gasteiger partial charge is 0.0575 e. The average molecular weight is 160 g/mol. The molecular weight excluding hydrogens is 144 g/mol. The van der Waals surface area contributed by atoms with Gasteiger partial charge in [0.1, 0.15) is 0 Å². The first kappa shape index (κ1) is 8.41. The van der Waals surface area contributed by atoms with Gasteiger partial charge in [0.05, 0.1) is 12.7 Å². The molecule has 60 valence electrons. The fourth-order valence-corrected chi connectivity index (χ4v) is 0.996. The molecule has 1 aliphatic carbocycles. The van der Waals surface area contributed by atoms with Gasteiger partial charge < -0.3 is 4.74 Å². The Labute approximate surface area is 68.6 Å². The van der Waals surface area contributed by atoms with Crippen LogP contribution >= 0.6 is 12.6 Å². The zero-order chi connectivity index (χ0) is 7.40. The van der Waals surface area contributed by atoms with Crippen LogP contribution in [0.4, 0.5) is 0 Å². The van der Waals surface area contributed by atoms with E-state index in [2.05, 4.69) is 19.6 Å². The van der Waals surface area contributed by atoms with Gasteiger partial charge >= 0.3 is 0 Å². The third kappa shape index (κ3) is 2.51. The third-order valence-corrected chi connectivity index (χ3v) is 2.60. The molecule has 2 heteroatoms. The molecule has 1 saturated carbocycles. The van der Waals surface area contributed by atoms with Crippen molar-refractivity contribution in [3.05, 3.63) is 0 Å². The summed E-state index contributed by atoms with van der Waals surface area (Å²) in [7, 11) is 0. The molecule has 0 aromatic carbocycles. The van der Waals surface area contributed by atoms with Crippen LogP contribution in [-0.4, -0.2) is 18.5 Å². The Morgan fingerprint density at radius 2 is 2.30 bits per heavy atom. The summed E-state index contributed by atoms with van der Waals surface area (Å²) in [5.41, 5.74) is 0. The fourth-order valence-electron chi connectivity index (χ4n) is 0.891. The van der Waals surface area contributed by atoms with Gasteiger partial charge in [0.15, 0.2) is 0 Å². The molecule has 1 aliphatic rings. The second kappa shape index (κ2) is 4.24. The summed E-state index contributed by atoms with van der Waals surface area (Å²) in [6.45, 7) is 3.07. The van der Waals surface area contributed by atoms with E-state index >= 15 is 0 Å². The number of hydrogen-bond acceptors (Lipinski definition) is 2. The maximum Gasteiger partial charge on any atom is 0.0575 e. The molecule has 1 unspecified atom stereocenters. The van der Waals surface area contributed by atoms with Gasteiger partial charge in [-0.25, -0.2) is 0 Å². The quantitative estimate of drug-likeness (QED) is 0.620. The standard InChI is InChI=1S/C8H16OS/c1-7(6-10)5-9-8-3-2-4-8/h7-8,10H,2-6H2,1H3. The highest BCUT2D eigenvalue weighted by molar-refractivity contribution is 7.80. The Morgan fingerprint density at radius 3 is 2.70 bits per heavy atom. The lowest BCUT2D eigenvalue weighted by Crippen LogP contribution is -2.24. The van der Waals surface area contributed by atoms with Gasteiger partial charge in [-0.15, -0.1) is 0 Å². The summed E-state index contributed by atoms with van der Waals surface area (Å²) in [4.78, 5) is 0. The minimum atomic E-state index is 0.585. The minimum Gasteiger partial charge on any atom is -0.378 e. The first-order valence-electron chi connectivity index (χ1n) is 4.05. The van der Waals surface area contributed by atoms with Crippen LogP contribution in [0.25, 0.3) is 0 Å². The SMILES string of the molecule is CC(CS)COC1CCC1. The largest absolute Gasteiger partial charge is 0.378 e. The van der Waals surface area contributed by atoms with Crippen molar-refractivity contribution < 1.29 is 4.74 Å². The molecule has 1 rings (SSSR count). The van der Waals surface area contributed by atoms with Crippen molar-refractivity contribution in [3.8, 4) is 0 Å². The van der Waals surface area contributed by atoms with Gasteiger partial charge in [-0.2, -0.15) is 12.6 Å². The van der Waals surface area contributed by atoms with Crippen LogP contribution < -0.4 is 0 Å². The highest BCUT2D eigenvalue weighted by Gasteiger charge is 2.18. The van der Waals surface area contributed by atoms with E-state index in [-0.39, 0.29) is 0 Å². The van der Waals surface area contributed by atoms with Crippen molar-refractivity contribution in [2.24, 2.45) is 5.92 Å². The van der Waals surface area contributed by atoms with Crippen LogP contribution in [0.3, 0.4) is 0 Å². The highest BCUT2D eigenvalue weighted by Crippen LogP contribution is 2.22. The molecule has 0 spiro atoms. The zero-order valence-corrected chi connectivity index (χ0v) is 7.44. The van der Waals surface area contributed by atoms with E-state index in [1.54, 1.807) is 0 Å². The normalized spacial score (nSPS) is 22.2. The first-order chi connectivity index (χ1) is 4.83. The molecule has 0 N–H and O–H groups in total. The maximum absolute atomic E-state index is 5.58. The first-order valence-corrected chi connectivity index (χ1v) is 4.68. The van der Waals surface area contributed by atoms with Crippen LogP contribution in [0.2, 0.25) is 0 Å². The van der Waals surface area contributed by atoms with Crippen LogP contribution in [0, 0.1) is 5.92 Å². The van der Waals surface area contributed by atoms with Crippen molar-refractivity contribution in [3.63, 3.8) is 0 Å². The lowest BCUT2D eigenvalue weighted by atomic mass is 9.96. The fraction of sp³-hybridized carbons (Fsp3) is 1.00. The molecule has 1 atom stereocenters. The monoisotopic (exact) mass is 160 g/mol. The van der Waals surface area contributed by atoms with Gasteiger partial charge in [-0.05, 0) is 30.9 Å². The van der Waals surface area contributed by atoms with Crippen LogP contribution in [0.5, 0.6) is 0 Å². The minimum absolute atomic E-state index is 0.585. The van der Waals surface area contributed by atoms with E-state index in [0.29, 0.717) is 12.0 Å². The topological polar surface area (TPSA) is 9.23 Å². The molecule has 0 amide bonds. The van der Waals surface area contributed by atoms with Crippen molar-refractivity contribution in [1.82, 2.24) is 0 Å². The lowest BCUT2D eigenvalue weighted by Gasteiger charge is -2.26. The number of thiol groups is 1. The number of hydrogen-bond donors (Lipinski definition) is 1. The van der Waals surface area contributed by atoms with Gasteiger partial charge in [0.25, 0.3) is 0 Å². The summed E-state index contributed by atoms with van der Waals surface area (Å²) >= 11 is 4.19. The summed E-state index contributed by atoms with van der Waals surface area (Å²) in [6.07, 6.45) is 4.50. The average Bonchev–Trinajstić information content (AvgIpc) is 1.84. The molecule has 0 aliphatic heterocycles. The van der Waals surface area contributed by atoms with Gasteiger partial charge in [0.2, 0.25) is 0 Å². The van der Waals surface area contributed by atoms with Gasteiger partial charge in [-0.3, -0.25) is 0 Å². The van der Waals surface area contributed by atoms with E-state index in [1.165, 1.54) is 19.3 Å².